The zero-order chi connectivity index (χ0) is 16.9. The average Bonchev–Trinajstić information content (AvgIpc) is 2.92. The number of nitrogens with zero attached hydrogens (tertiary/aromatic N) is 1. The van der Waals surface area contributed by atoms with E-state index in [-0.39, 0.29) is 0 Å². The smallest absolute Gasteiger partial charge is 0.181 e. The zero-order valence-corrected chi connectivity index (χ0v) is 15.2. The number of oxazole rings is 1. The lowest BCUT2D eigenvalue weighted by Crippen LogP contribution is -2.30. The second kappa shape index (κ2) is 7.47. The Morgan fingerprint density at radius 3 is 2.48 bits per heavy atom. The quantitative estimate of drug-likeness (QED) is 0.664. The highest BCUT2D eigenvalue weighted by Crippen LogP contribution is 2.19. The molecule has 1 aromatic carbocycles. The fraction of sp³-hybridized carbons (Fsp3) is 0.611. The number of sulfone groups is 1. The molecule has 0 bridgehead atoms. The first-order valence-electron chi connectivity index (χ1n) is 8.34. The van der Waals surface area contributed by atoms with Crippen molar-refractivity contribution in [3.8, 4) is 0 Å². The minimum atomic E-state index is -2.96. The maximum Gasteiger partial charge on any atom is 0.181 e. The van der Waals surface area contributed by atoms with Gasteiger partial charge in [-0.15, -0.1) is 0 Å². The first-order valence-corrected chi connectivity index (χ1v) is 9.99. The molecule has 0 amide bonds. The van der Waals surface area contributed by atoms with Crippen LogP contribution >= 0.6 is 0 Å². The van der Waals surface area contributed by atoms with Crippen LogP contribution < -0.4 is 0 Å². The van der Waals surface area contributed by atoms with Crippen molar-refractivity contribution in [3.63, 3.8) is 0 Å². The second-order valence-corrected chi connectivity index (χ2v) is 9.97. The molecule has 0 aliphatic carbocycles. The summed E-state index contributed by atoms with van der Waals surface area (Å²) in [5.41, 5.74) is 3.02. The third-order valence-corrected chi connectivity index (χ3v) is 6.90. The summed E-state index contributed by atoms with van der Waals surface area (Å²) in [5, 5.41) is 0. The highest BCUT2D eigenvalue weighted by molar-refractivity contribution is 7.92. The van der Waals surface area contributed by atoms with Gasteiger partial charge in [-0.25, -0.2) is 13.4 Å². The van der Waals surface area contributed by atoms with Crippen LogP contribution in [0.4, 0.5) is 0 Å². The van der Waals surface area contributed by atoms with E-state index >= 15 is 0 Å². The zero-order valence-electron chi connectivity index (χ0n) is 14.3. The Morgan fingerprint density at radius 1 is 1.04 bits per heavy atom. The Kier molecular flexibility index (Phi) is 5.84. The van der Waals surface area contributed by atoms with Gasteiger partial charge in [0.05, 0.1) is 10.5 Å². The summed E-state index contributed by atoms with van der Waals surface area (Å²) in [6.45, 7) is 5.32. The molecule has 0 radical (unpaired) electrons. The van der Waals surface area contributed by atoms with E-state index in [0.717, 1.165) is 49.6 Å². The Labute approximate surface area is 139 Å². The lowest BCUT2D eigenvalue weighted by Gasteiger charge is -2.18. The molecule has 1 heterocycles. The largest absolute Gasteiger partial charge is 0.443 e. The standard InChI is InChI=1S/C18H27NO3S/c1-18(2,3)23(20,21)12-8-6-4-5-7-9-15-10-11-17-16(13-15)19-14-22-17/h10-11,13-14H,4-9,12H2,1-3H3. The number of aromatic nitrogens is 1. The molecule has 0 aliphatic rings. The molecule has 1 aromatic heterocycles. The van der Waals surface area contributed by atoms with Gasteiger partial charge in [-0.2, -0.15) is 0 Å². The first-order chi connectivity index (χ1) is 10.8. The fourth-order valence-corrected chi connectivity index (χ4v) is 3.71. The molecule has 0 spiro atoms. The van der Waals surface area contributed by atoms with E-state index in [1.54, 1.807) is 20.8 Å². The van der Waals surface area contributed by atoms with Gasteiger partial charge in [-0.3, -0.25) is 0 Å². The van der Waals surface area contributed by atoms with Crippen LogP contribution in [0.2, 0.25) is 0 Å². The molecule has 4 nitrogen and oxygen atoms in total. The Morgan fingerprint density at radius 2 is 1.74 bits per heavy atom. The molecular weight excluding hydrogens is 310 g/mol. The summed E-state index contributed by atoms with van der Waals surface area (Å²) >= 11 is 0. The highest BCUT2D eigenvalue weighted by atomic mass is 32.2. The van der Waals surface area contributed by atoms with Crippen LogP contribution in [0.15, 0.2) is 29.0 Å². The lowest BCUT2D eigenvalue weighted by molar-refractivity contribution is 0.552. The van der Waals surface area contributed by atoms with Crippen LogP contribution in [-0.2, 0) is 16.3 Å². The first kappa shape index (κ1) is 18.0. The van der Waals surface area contributed by atoms with Gasteiger partial charge in [0.25, 0.3) is 0 Å². The topological polar surface area (TPSA) is 60.2 Å². The van der Waals surface area contributed by atoms with Crippen molar-refractivity contribution < 1.29 is 12.8 Å². The molecule has 0 N–H and O–H groups in total. The summed E-state index contributed by atoms with van der Waals surface area (Å²) < 4.78 is 28.6. The van der Waals surface area contributed by atoms with Gasteiger partial charge in [-0.1, -0.05) is 25.3 Å². The van der Waals surface area contributed by atoms with E-state index in [0.29, 0.717) is 5.75 Å². The van der Waals surface area contributed by atoms with Gasteiger partial charge in [0.15, 0.2) is 21.8 Å². The maximum absolute atomic E-state index is 12.0. The molecule has 23 heavy (non-hydrogen) atoms. The van der Waals surface area contributed by atoms with Crippen molar-refractivity contribution >= 4 is 20.9 Å². The third kappa shape index (κ3) is 5.06. The van der Waals surface area contributed by atoms with Crippen molar-refractivity contribution in [1.82, 2.24) is 4.98 Å². The van der Waals surface area contributed by atoms with Crippen LogP contribution in [0.3, 0.4) is 0 Å². The molecule has 0 atom stereocenters. The molecule has 0 aliphatic heterocycles. The van der Waals surface area contributed by atoms with Gasteiger partial charge < -0.3 is 4.42 Å². The van der Waals surface area contributed by atoms with Crippen LogP contribution in [0.25, 0.3) is 11.1 Å². The molecule has 0 unspecified atom stereocenters. The molecule has 2 rings (SSSR count). The Hall–Kier alpha value is -1.36. The van der Waals surface area contributed by atoms with E-state index in [4.69, 9.17) is 4.42 Å². The number of fused-ring (bicyclic) bond motifs is 1. The third-order valence-electron chi connectivity index (χ3n) is 4.21. The van der Waals surface area contributed by atoms with Crippen LogP contribution in [0.1, 0.15) is 58.4 Å². The summed E-state index contributed by atoms with van der Waals surface area (Å²) in [6, 6.07) is 6.13. The molecule has 0 fully saturated rings. The molecule has 0 saturated heterocycles. The number of aryl methyl sites for hydroxylation is 1. The number of benzene rings is 1. The second-order valence-electron chi connectivity index (χ2n) is 7.10. The van der Waals surface area contributed by atoms with Gasteiger partial charge in [0.1, 0.15) is 5.52 Å². The van der Waals surface area contributed by atoms with E-state index in [9.17, 15) is 8.42 Å². The summed E-state index contributed by atoms with van der Waals surface area (Å²) in [5.74, 6) is 0.305. The normalized spacial score (nSPS) is 12.8. The monoisotopic (exact) mass is 337 g/mol. The average molecular weight is 337 g/mol. The van der Waals surface area contributed by atoms with Gasteiger partial charge in [-0.05, 0) is 57.7 Å². The van der Waals surface area contributed by atoms with Crippen LogP contribution in [-0.4, -0.2) is 23.9 Å². The number of hydrogen-bond donors (Lipinski definition) is 0. The van der Waals surface area contributed by atoms with Gasteiger partial charge in [0.2, 0.25) is 0 Å². The Balaban J connectivity index is 1.63. The molecular formula is C18H27NO3S. The summed E-state index contributed by atoms with van der Waals surface area (Å²) in [6.07, 6.45) is 7.60. The van der Waals surface area contributed by atoms with Crippen molar-refractivity contribution in [3.05, 3.63) is 30.2 Å². The van der Waals surface area contributed by atoms with E-state index < -0.39 is 14.6 Å². The number of rotatable bonds is 8. The SMILES string of the molecule is CC(C)(C)S(=O)(=O)CCCCCCCc1ccc2ocnc2c1. The van der Waals surface area contributed by atoms with Crippen molar-refractivity contribution in [2.75, 3.05) is 5.75 Å². The van der Waals surface area contributed by atoms with E-state index in [1.807, 2.05) is 6.07 Å². The van der Waals surface area contributed by atoms with Crippen LogP contribution in [0.5, 0.6) is 0 Å². The summed E-state index contributed by atoms with van der Waals surface area (Å²) in [4.78, 5) is 4.17. The van der Waals surface area contributed by atoms with E-state index in [1.165, 1.54) is 12.0 Å². The summed E-state index contributed by atoms with van der Waals surface area (Å²) in [7, 11) is -2.96. The van der Waals surface area contributed by atoms with Gasteiger partial charge in [0, 0.05) is 0 Å². The molecule has 2 aromatic rings. The molecule has 0 saturated carbocycles. The van der Waals surface area contributed by atoms with Crippen LogP contribution in [0, 0.1) is 0 Å². The minimum Gasteiger partial charge on any atom is -0.443 e. The predicted octanol–water partition coefficient (Wildman–Crippen LogP) is 4.53. The lowest BCUT2D eigenvalue weighted by atomic mass is 10.1. The minimum absolute atomic E-state index is 0.305. The number of hydrogen-bond acceptors (Lipinski definition) is 4. The predicted molar refractivity (Wildman–Crippen MR) is 94.3 cm³/mol. The maximum atomic E-state index is 12.0. The highest BCUT2D eigenvalue weighted by Gasteiger charge is 2.27. The van der Waals surface area contributed by atoms with E-state index in [2.05, 4.69) is 17.1 Å². The van der Waals surface area contributed by atoms with Crippen molar-refractivity contribution in [2.24, 2.45) is 0 Å². The number of unbranched alkanes of at least 4 members (excludes halogenated alkanes) is 4. The fourth-order valence-electron chi connectivity index (χ4n) is 2.52. The van der Waals surface area contributed by atoms with Crippen molar-refractivity contribution in [2.45, 2.75) is 64.0 Å². The molecule has 5 heteroatoms. The van der Waals surface area contributed by atoms with Gasteiger partial charge >= 0.3 is 0 Å². The van der Waals surface area contributed by atoms with Crippen molar-refractivity contribution in [1.29, 1.82) is 0 Å². The molecule has 128 valence electrons. The Bertz CT molecular complexity index is 726.